The molecule has 0 aliphatic carbocycles. The molecule has 0 spiro atoms. The lowest BCUT2D eigenvalue weighted by Gasteiger charge is -2.16. The smallest absolute Gasteiger partial charge is 0.165 e. The molecule has 0 bridgehead atoms. The molecule has 170 valence electrons. The Labute approximate surface area is 198 Å². The van der Waals surface area contributed by atoms with Gasteiger partial charge in [-0.3, -0.25) is 4.79 Å². The van der Waals surface area contributed by atoms with Crippen LogP contribution in [0.5, 0.6) is 0 Å². The van der Waals surface area contributed by atoms with Crippen LogP contribution in [0.3, 0.4) is 0 Å². The van der Waals surface area contributed by atoms with E-state index in [-0.39, 0.29) is 28.3 Å². The second-order valence-corrected chi connectivity index (χ2v) is 9.25. The fraction of sp³-hybridized carbons (Fsp3) is 0.346. The van der Waals surface area contributed by atoms with Crippen LogP contribution in [0.25, 0.3) is 10.9 Å². The number of likely N-dealkylation sites (tertiary alicyclic amines) is 1. The van der Waals surface area contributed by atoms with Crippen molar-refractivity contribution in [3.63, 3.8) is 0 Å². The van der Waals surface area contributed by atoms with E-state index in [1.807, 2.05) is 19.1 Å². The number of hydrogen-bond donors (Lipinski definition) is 1. The maximum Gasteiger partial charge on any atom is 0.165 e. The van der Waals surface area contributed by atoms with Crippen molar-refractivity contribution in [1.82, 2.24) is 14.9 Å². The summed E-state index contributed by atoms with van der Waals surface area (Å²) in [4.78, 5) is 23.3. The second-order valence-electron chi connectivity index (χ2n) is 8.84. The predicted octanol–water partition coefficient (Wildman–Crippen LogP) is 5.38. The zero-order chi connectivity index (χ0) is 23.6. The van der Waals surface area contributed by atoms with Crippen molar-refractivity contribution in [2.45, 2.75) is 33.1 Å². The molecule has 0 unspecified atom stereocenters. The summed E-state index contributed by atoms with van der Waals surface area (Å²) in [6.07, 6.45) is 3.15. The first-order chi connectivity index (χ1) is 15.8. The topological polar surface area (TPSA) is 58.1 Å². The summed E-state index contributed by atoms with van der Waals surface area (Å²) in [5.74, 6) is 6.79. The van der Waals surface area contributed by atoms with Gasteiger partial charge >= 0.3 is 0 Å². The van der Waals surface area contributed by atoms with Gasteiger partial charge in [0.25, 0.3) is 0 Å². The van der Waals surface area contributed by atoms with Gasteiger partial charge in [0.15, 0.2) is 5.82 Å². The molecule has 33 heavy (non-hydrogen) atoms. The molecular weight excluding hydrogens is 439 g/mol. The number of halogens is 2. The number of carbonyl (C=O) groups excluding carboxylic acids is 1. The zero-order valence-electron chi connectivity index (χ0n) is 19.0. The third-order valence-corrected chi connectivity index (χ3v) is 6.30. The number of Topliss-reactive ketones (excluding diaryl/α,β-unsaturated/α-hetero) is 1. The van der Waals surface area contributed by atoms with E-state index >= 15 is 0 Å². The third kappa shape index (κ3) is 5.16. The van der Waals surface area contributed by atoms with E-state index in [9.17, 15) is 9.18 Å². The van der Waals surface area contributed by atoms with Gasteiger partial charge in [-0.05, 0) is 56.8 Å². The van der Waals surface area contributed by atoms with E-state index in [0.29, 0.717) is 23.1 Å². The lowest BCUT2D eigenvalue weighted by molar-refractivity contribution is -0.118. The molecule has 1 aromatic heterocycles. The number of benzene rings is 2. The Morgan fingerprint density at radius 1 is 1.33 bits per heavy atom. The number of aromatic nitrogens is 2. The fourth-order valence-corrected chi connectivity index (χ4v) is 4.26. The fourth-order valence-electron chi connectivity index (χ4n) is 4.09. The highest BCUT2D eigenvalue weighted by atomic mass is 35.5. The SMILES string of the molecule is CCC(=O)Cc1cc2c(Nc3cccc(Cl)c3F)ncnc2cc1C#C[C@@]1(C)CCN(C)C1. The van der Waals surface area contributed by atoms with Gasteiger partial charge < -0.3 is 10.2 Å². The predicted molar refractivity (Wildman–Crippen MR) is 130 cm³/mol. The van der Waals surface area contributed by atoms with Gasteiger partial charge in [0, 0.05) is 35.8 Å². The molecule has 7 heteroatoms. The van der Waals surface area contributed by atoms with Gasteiger partial charge in [-0.1, -0.05) is 36.4 Å². The number of carbonyl (C=O) groups is 1. The van der Waals surface area contributed by atoms with Crippen LogP contribution >= 0.6 is 11.6 Å². The molecule has 1 aliphatic heterocycles. The van der Waals surface area contributed by atoms with Crippen molar-refractivity contribution in [2.24, 2.45) is 5.41 Å². The molecule has 1 N–H and O–H groups in total. The first-order valence-corrected chi connectivity index (χ1v) is 11.4. The van der Waals surface area contributed by atoms with Crippen LogP contribution in [0.2, 0.25) is 5.02 Å². The molecule has 1 aliphatic rings. The first kappa shape index (κ1) is 23.2. The molecule has 4 rings (SSSR count). The molecule has 2 aromatic carbocycles. The average molecular weight is 465 g/mol. The zero-order valence-corrected chi connectivity index (χ0v) is 19.8. The maximum atomic E-state index is 14.5. The van der Waals surface area contributed by atoms with Crippen molar-refractivity contribution in [3.8, 4) is 11.8 Å². The number of nitrogens with zero attached hydrogens (tertiary/aromatic N) is 3. The number of rotatable bonds is 5. The molecule has 3 aromatic rings. The molecular formula is C26H26ClFN4O. The molecule has 0 amide bonds. The maximum absolute atomic E-state index is 14.5. The molecule has 1 saturated heterocycles. The highest BCUT2D eigenvalue weighted by Crippen LogP contribution is 2.31. The normalized spacial score (nSPS) is 18.2. The largest absolute Gasteiger partial charge is 0.337 e. The summed E-state index contributed by atoms with van der Waals surface area (Å²) in [5, 5.41) is 3.73. The van der Waals surface area contributed by atoms with Crippen LogP contribution in [0.4, 0.5) is 15.9 Å². The lowest BCUT2D eigenvalue weighted by atomic mass is 9.89. The summed E-state index contributed by atoms with van der Waals surface area (Å²) in [6.45, 7) is 5.96. The Bertz CT molecular complexity index is 1280. The molecule has 1 fully saturated rings. The van der Waals surface area contributed by atoms with E-state index in [1.165, 1.54) is 12.4 Å². The molecule has 0 saturated carbocycles. The Balaban J connectivity index is 1.79. The van der Waals surface area contributed by atoms with E-state index < -0.39 is 5.82 Å². The quantitative estimate of drug-likeness (QED) is 0.513. The van der Waals surface area contributed by atoms with Crippen LogP contribution in [-0.2, 0) is 11.2 Å². The lowest BCUT2D eigenvalue weighted by Crippen LogP contribution is -2.20. The highest BCUT2D eigenvalue weighted by molar-refractivity contribution is 6.31. The third-order valence-electron chi connectivity index (χ3n) is 6.01. The Kier molecular flexibility index (Phi) is 6.64. The van der Waals surface area contributed by atoms with Crippen LogP contribution in [0.15, 0.2) is 36.7 Å². The summed E-state index contributed by atoms with van der Waals surface area (Å²) >= 11 is 5.92. The Morgan fingerprint density at radius 2 is 2.15 bits per heavy atom. The minimum absolute atomic E-state index is 0.0243. The first-order valence-electron chi connectivity index (χ1n) is 11.0. The highest BCUT2D eigenvalue weighted by Gasteiger charge is 2.30. The van der Waals surface area contributed by atoms with Gasteiger partial charge in [-0.25, -0.2) is 14.4 Å². The number of fused-ring (bicyclic) bond motifs is 1. The molecule has 5 nitrogen and oxygen atoms in total. The number of ketones is 1. The standard InChI is InChI=1S/C26H26ClFN4O/c1-4-19(33)12-18-13-20-23(14-17(18)8-9-26(2)10-11-32(3)15-26)29-16-30-25(20)31-22-7-5-6-21(27)24(22)28/h5-7,13-14,16H,4,10-12,15H2,1-3H3,(H,29,30,31)/t26-/m0/s1. The minimum Gasteiger partial charge on any atom is -0.337 e. The summed E-state index contributed by atoms with van der Waals surface area (Å²) in [6, 6.07) is 8.53. The van der Waals surface area contributed by atoms with E-state index in [4.69, 9.17) is 11.6 Å². The van der Waals surface area contributed by atoms with E-state index in [2.05, 4.69) is 46.0 Å². The van der Waals surface area contributed by atoms with E-state index in [1.54, 1.807) is 12.1 Å². The van der Waals surface area contributed by atoms with Crippen molar-refractivity contribution in [3.05, 3.63) is 58.6 Å². The minimum atomic E-state index is -0.551. The second kappa shape index (κ2) is 9.46. The van der Waals surface area contributed by atoms with Crippen molar-refractivity contribution in [2.75, 3.05) is 25.5 Å². The van der Waals surface area contributed by atoms with Crippen LogP contribution in [0.1, 0.15) is 37.8 Å². The molecule has 2 heterocycles. The summed E-state index contributed by atoms with van der Waals surface area (Å²) in [5.41, 5.74) is 2.41. The van der Waals surface area contributed by atoms with Crippen LogP contribution in [0, 0.1) is 23.1 Å². The van der Waals surface area contributed by atoms with Gasteiger partial charge in [0.2, 0.25) is 0 Å². The molecule has 0 radical (unpaired) electrons. The van der Waals surface area contributed by atoms with Crippen molar-refractivity contribution >= 4 is 39.8 Å². The Hall–Kier alpha value is -3.01. The van der Waals surface area contributed by atoms with Gasteiger partial charge in [-0.2, -0.15) is 0 Å². The van der Waals surface area contributed by atoms with Gasteiger partial charge in [0.05, 0.1) is 16.2 Å². The summed E-state index contributed by atoms with van der Waals surface area (Å²) in [7, 11) is 2.10. The van der Waals surface area contributed by atoms with Gasteiger partial charge in [0.1, 0.15) is 17.9 Å². The van der Waals surface area contributed by atoms with Gasteiger partial charge in [-0.15, -0.1) is 0 Å². The van der Waals surface area contributed by atoms with E-state index in [0.717, 1.165) is 30.6 Å². The van der Waals surface area contributed by atoms with Crippen LogP contribution < -0.4 is 5.32 Å². The molecule has 1 atom stereocenters. The monoisotopic (exact) mass is 464 g/mol. The van der Waals surface area contributed by atoms with Crippen molar-refractivity contribution < 1.29 is 9.18 Å². The number of hydrogen-bond acceptors (Lipinski definition) is 5. The Morgan fingerprint density at radius 3 is 2.88 bits per heavy atom. The summed E-state index contributed by atoms with van der Waals surface area (Å²) < 4.78 is 14.5. The number of anilines is 2. The average Bonchev–Trinajstić information content (AvgIpc) is 3.14. The number of nitrogens with one attached hydrogen (secondary N) is 1. The van der Waals surface area contributed by atoms with Crippen LogP contribution in [-0.4, -0.2) is 40.8 Å². The van der Waals surface area contributed by atoms with Crippen molar-refractivity contribution in [1.29, 1.82) is 0 Å².